The topological polar surface area (TPSA) is 45.0 Å². The fraction of sp³-hybridized carbons (Fsp3) is 0.0769. The average molecular weight is 745 g/mol. The molecule has 5 aromatic heterocycles. The number of dihydropyridines is 1. The number of pyridine rings is 1. The van der Waals surface area contributed by atoms with Gasteiger partial charge >= 0.3 is 0 Å². The lowest BCUT2D eigenvalue weighted by Crippen LogP contribution is -2.20. The second-order valence-corrected chi connectivity index (χ2v) is 15.6. The van der Waals surface area contributed by atoms with Gasteiger partial charge in [-0.25, -0.2) is 9.98 Å². The van der Waals surface area contributed by atoms with Crippen molar-refractivity contribution in [1.82, 2.24) is 23.3 Å². The van der Waals surface area contributed by atoms with Crippen LogP contribution < -0.4 is 0 Å². The molecule has 1 aliphatic heterocycles. The van der Waals surface area contributed by atoms with Gasteiger partial charge in [0.05, 0.1) is 38.8 Å². The maximum absolute atomic E-state index is 5.63. The Bertz CT molecular complexity index is 3460. The molecule has 0 amide bonds. The molecule has 0 fully saturated rings. The normalized spacial score (nSPS) is 15.2. The van der Waals surface area contributed by atoms with Crippen molar-refractivity contribution in [2.24, 2.45) is 4.99 Å². The molecule has 2 aliphatic rings. The van der Waals surface area contributed by atoms with Crippen LogP contribution in [0.25, 0.3) is 88.3 Å². The number of aliphatic imine (C=N–C) groups is 1. The largest absolute Gasteiger partial charge is 0.321 e. The van der Waals surface area contributed by atoms with E-state index in [-0.39, 0.29) is 6.17 Å². The highest BCUT2D eigenvalue weighted by molar-refractivity contribution is 6.16. The standard InChI is InChI=1S/C52H36N6/c1-7-21-40-33(15-1)34-16-2-8-22-41(34)55(40)47-27-13-29-49(53-47)57-45-26-12-6-20-39(45)51-46(57)32-31-38-37-19-5-11-25-44(37)58(52(38)51)50-30-14-28-48(54-50)56-42-23-9-3-17-35(42)36-18-4-10-24-43(36)56/h1-28,30,49H,29,31-32H2. The van der Waals surface area contributed by atoms with Crippen LogP contribution in [-0.2, 0) is 12.8 Å². The molecule has 0 spiro atoms. The van der Waals surface area contributed by atoms with Crippen LogP contribution in [-0.4, -0.2) is 29.1 Å². The summed E-state index contributed by atoms with van der Waals surface area (Å²) in [5.41, 5.74) is 12.3. The van der Waals surface area contributed by atoms with Crippen molar-refractivity contribution in [1.29, 1.82) is 0 Å². The summed E-state index contributed by atoms with van der Waals surface area (Å²) < 4.78 is 9.64. The van der Waals surface area contributed by atoms with E-state index in [1.54, 1.807) is 0 Å². The Labute approximate surface area is 333 Å². The molecule has 0 saturated carbocycles. The number of hydrogen-bond acceptors (Lipinski definition) is 2. The van der Waals surface area contributed by atoms with Gasteiger partial charge in [0.15, 0.2) is 0 Å². The molecule has 0 radical (unpaired) electrons. The molecule has 0 saturated heterocycles. The van der Waals surface area contributed by atoms with Gasteiger partial charge in [-0.1, -0.05) is 121 Å². The number of allylic oxidation sites excluding steroid dienone is 1. The number of benzene rings is 6. The third-order valence-corrected chi connectivity index (χ3v) is 12.6. The van der Waals surface area contributed by atoms with Crippen LogP contribution >= 0.6 is 0 Å². The second kappa shape index (κ2) is 12.0. The first-order valence-corrected chi connectivity index (χ1v) is 20.3. The number of nitrogens with zero attached hydrogens (tertiary/aromatic N) is 6. The molecule has 1 aliphatic carbocycles. The number of rotatable bonds is 3. The van der Waals surface area contributed by atoms with Crippen LogP contribution in [0.1, 0.15) is 23.8 Å². The van der Waals surface area contributed by atoms with Gasteiger partial charge in [0.1, 0.15) is 23.6 Å². The van der Waals surface area contributed by atoms with Crippen molar-refractivity contribution < 1.29 is 0 Å². The summed E-state index contributed by atoms with van der Waals surface area (Å²) in [6.45, 7) is 0. The Morgan fingerprint density at radius 3 is 1.52 bits per heavy atom. The number of aryl methyl sites for hydroxylation is 1. The van der Waals surface area contributed by atoms with E-state index >= 15 is 0 Å². The molecule has 1 atom stereocenters. The first-order valence-electron chi connectivity index (χ1n) is 20.3. The summed E-state index contributed by atoms with van der Waals surface area (Å²) in [6, 6.07) is 59.0. The first kappa shape index (κ1) is 31.7. The van der Waals surface area contributed by atoms with Crippen LogP contribution in [0.15, 0.2) is 181 Å². The van der Waals surface area contributed by atoms with Crippen molar-refractivity contribution in [3.8, 4) is 22.9 Å². The smallest absolute Gasteiger partial charge is 0.140 e. The van der Waals surface area contributed by atoms with Crippen molar-refractivity contribution in [2.75, 3.05) is 0 Å². The minimum Gasteiger partial charge on any atom is -0.321 e. The van der Waals surface area contributed by atoms with E-state index in [2.05, 4.69) is 194 Å². The zero-order valence-electron chi connectivity index (χ0n) is 31.6. The Morgan fingerprint density at radius 2 is 0.914 bits per heavy atom. The van der Waals surface area contributed by atoms with Crippen LogP contribution in [0.4, 0.5) is 0 Å². The maximum Gasteiger partial charge on any atom is 0.140 e. The molecule has 6 heteroatoms. The lowest BCUT2D eigenvalue weighted by atomic mass is 9.91. The maximum atomic E-state index is 5.63. The highest BCUT2D eigenvalue weighted by Crippen LogP contribution is 2.48. The fourth-order valence-corrected chi connectivity index (χ4v) is 10.3. The van der Waals surface area contributed by atoms with Gasteiger partial charge in [0, 0.05) is 50.0 Å². The van der Waals surface area contributed by atoms with E-state index in [0.717, 1.165) is 47.8 Å². The molecular weight excluding hydrogens is 709 g/mol. The van der Waals surface area contributed by atoms with E-state index in [1.165, 1.54) is 76.9 Å². The van der Waals surface area contributed by atoms with Gasteiger partial charge in [-0.15, -0.1) is 0 Å². The van der Waals surface area contributed by atoms with Crippen LogP contribution in [0.3, 0.4) is 0 Å². The molecule has 58 heavy (non-hydrogen) atoms. The third kappa shape index (κ3) is 4.31. The molecule has 1 unspecified atom stereocenters. The molecule has 0 bridgehead atoms. The Morgan fingerprint density at radius 1 is 0.431 bits per heavy atom. The lowest BCUT2D eigenvalue weighted by molar-refractivity contribution is 0.522. The number of aromatic nitrogens is 5. The minimum absolute atomic E-state index is 0.0929. The van der Waals surface area contributed by atoms with E-state index < -0.39 is 0 Å². The SMILES string of the molecule is C1=CC(n2c3ccccc3c3ccccc32)=NC(n2c3c(c4ccccc42)-c2c(c4ccccc4n2-c2cccc(-n4c5ccccc5c5ccccc54)n2)CC3)C1. The van der Waals surface area contributed by atoms with E-state index in [9.17, 15) is 0 Å². The molecule has 13 rings (SSSR count). The number of hydrogen-bond donors (Lipinski definition) is 0. The summed E-state index contributed by atoms with van der Waals surface area (Å²) in [5, 5.41) is 7.49. The Kier molecular flexibility index (Phi) is 6.58. The van der Waals surface area contributed by atoms with Crippen molar-refractivity contribution in [2.45, 2.75) is 25.4 Å². The average Bonchev–Trinajstić information content (AvgIpc) is 4.01. The summed E-state index contributed by atoms with van der Waals surface area (Å²) in [7, 11) is 0. The highest BCUT2D eigenvalue weighted by Gasteiger charge is 2.33. The van der Waals surface area contributed by atoms with Gasteiger partial charge in [-0.05, 0) is 73.0 Å². The predicted octanol–water partition coefficient (Wildman–Crippen LogP) is 12.4. The molecule has 6 heterocycles. The lowest BCUT2D eigenvalue weighted by Gasteiger charge is -2.25. The Hall–Kier alpha value is -7.44. The second-order valence-electron chi connectivity index (χ2n) is 15.6. The van der Waals surface area contributed by atoms with Gasteiger partial charge in [-0.3, -0.25) is 13.7 Å². The van der Waals surface area contributed by atoms with E-state index in [4.69, 9.17) is 9.98 Å². The van der Waals surface area contributed by atoms with Crippen LogP contribution in [0.2, 0.25) is 0 Å². The number of para-hydroxylation sites is 6. The van der Waals surface area contributed by atoms with Crippen LogP contribution in [0, 0.1) is 0 Å². The monoisotopic (exact) mass is 744 g/mol. The molecule has 11 aromatic rings. The zero-order chi connectivity index (χ0) is 37.9. The first-order chi connectivity index (χ1) is 28.8. The zero-order valence-corrected chi connectivity index (χ0v) is 31.6. The highest BCUT2D eigenvalue weighted by atomic mass is 15.2. The van der Waals surface area contributed by atoms with Crippen molar-refractivity contribution >= 4 is 71.3 Å². The fourth-order valence-electron chi connectivity index (χ4n) is 10.3. The molecular formula is C52H36N6. The summed E-state index contributed by atoms with van der Waals surface area (Å²) in [4.78, 5) is 11.2. The summed E-state index contributed by atoms with van der Waals surface area (Å²) >= 11 is 0. The molecule has 0 N–H and O–H groups in total. The molecule has 274 valence electrons. The minimum atomic E-state index is -0.0929. The van der Waals surface area contributed by atoms with E-state index in [0.29, 0.717) is 0 Å². The third-order valence-electron chi connectivity index (χ3n) is 12.6. The predicted molar refractivity (Wildman–Crippen MR) is 239 cm³/mol. The molecule has 6 nitrogen and oxygen atoms in total. The van der Waals surface area contributed by atoms with Gasteiger partial charge in [0.25, 0.3) is 0 Å². The van der Waals surface area contributed by atoms with Crippen LogP contribution in [0.5, 0.6) is 0 Å². The van der Waals surface area contributed by atoms with E-state index in [1.807, 2.05) is 0 Å². The van der Waals surface area contributed by atoms with Gasteiger partial charge < -0.3 is 4.57 Å². The molecule has 6 aromatic carbocycles. The Balaban J connectivity index is 1.03. The van der Waals surface area contributed by atoms with Gasteiger partial charge in [-0.2, -0.15) is 0 Å². The number of fused-ring (bicyclic) bond motifs is 13. The summed E-state index contributed by atoms with van der Waals surface area (Å²) in [5.74, 6) is 2.78. The summed E-state index contributed by atoms with van der Waals surface area (Å²) in [6.07, 6.45) is 7.12. The van der Waals surface area contributed by atoms with Crippen molar-refractivity contribution in [3.63, 3.8) is 0 Å². The quantitative estimate of drug-likeness (QED) is 0.178. The van der Waals surface area contributed by atoms with Gasteiger partial charge in [0.2, 0.25) is 0 Å². The van der Waals surface area contributed by atoms with Crippen molar-refractivity contribution in [3.05, 3.63) is 187 Å².